The number of piperazine rings is 2. The van der Waals surface area contributed by atoms with Gasteiger partial charge in [-0.05, 0) is 106 Å². The molecule has 15 aromatic rings. The van der Waals surface area contributed by atoms with Crippen LogP contribution in [0.1, 0.15) is 101 Å². The third-order valence-electron chi connectivity index (χ3n) is 17.7. The van der Waals surface area contributed by atoms with Crippen LogP contribution in [0.5, 0.6) is 0 Å². The topological polar surface area (TPSA) is 342 Å². The van der Waals surface area contributed by atoms with Gasteiger partial charge in [0.2, 0.25) is 17.8 Å². The van der Waals surface area contributed by atoms with Gasteiger partial charge in [-0.1, -0.05) is 36.4 Å². The van der Waals surface area contributed by atoms with Crippen LogP contribution < -0.4 is 47.4 Å². The number of rotatable bonds is 16. The highest BCUT2D eigenvalue weighted by atomic mass is 19.1. The van der Waals surface area contributed by atoms with Crippen molar-refractivity contribution < 1.29 is 46.1 Å². The molecule has 1 unspecified atom stereocenters. The summed E-state index contributed by atoms with van der Waals surface area (Å²) in [7, 11) is 5.21. The zero-order valence-corrected chi connectivity index (χ0v) is 59.8. The molecule has 14 heterocycles. The van der Waals surface area contributed by atoms with Crippen molar-refractivity contribution in [1.82, 2.24) is 103 Å². The third-order valence-corrected chi connectivity index (χ3v) is 17.7. The van der Waals surface area contributed by atoms with E-state index in [1.807, 2.05) is 6.92 Å². The molecule has 0 aliphatic carbocycles. The van der Waals surface area contributed by atoms with Crippen molar-refractivity contribution in [2.75, 3.05) is 95.2 Å². The van der Waals surface area contributed by atoms with Gasteiger partial charge in [-0.25, -0.2) is 71.6 Å². The van der Waals surface area contributed by atoms with Crippen molar-refractivity contribution in [3.63, 3.8) is 0 Å². The molecule has 30 nitrogen and oxygen atoms in total. The van der Waals surface area contributed by atoms with Crippen LogP contribution >= 0.6 is 0 Å². The minimum absolute atomic E-state index is 0.104. The summed E-state index contributed by atoms with van der Waals surface area (Å²) in [4.78, 5) is 38.1. The van der Waals surface area contributed by atoms with Gasteiger partial charge in [0.25, 0.3) is 0 Å². The van der Waals surface area contributed by atoms with Crippen LogP contribution in [0.3, 0.4) is 0 Å². The average Bonchev–Trinajstić information content (AvgIpc) is 1.39. The molecule has 2 saturated heterocycles. The van der Waals surface area contributed by atoms with Crippen LogP contribution in [0.25, 0.3) is 49.9 Å². The van der Waals surface area contributed by atoms with Gasteiger partial charge in [-0.3, -0.25) is 14.0 Å². The second-order valence-corrected chi connectivity index (χ2v) is 25.5. The van der Waals surface area contributed by atoms with Crippen LogP contribution in [0.2, 0.25) is 0 Å². The highest BCUT2D eigenvalue weighted by Crippen LogP contribution is 2.34. The van der Waals surface area contributed by atoms with Crippen LogP contribution in [0.4, 0.5) is 48.5 Å². The van der Waals surface area contributed by atoms with E-state index in [-0.39, 0.29) is 55.6 Å². The highest BCUT2D eigenvalue weighted by Gasteiger charge is 2.31. The summed E-state index contributed by atoms with van der Waals surface area (Å²) in [5.41, 5.74) is 28.9. The molecule has 111 heavy (non-hydrogen) atoms. The molecular formula is C78H85F3N30. The fourth-order valence-electron chi connectivity index (χ4n) is 11.4. The zero-order chi connectivity index (χ0) is 98.8. The molecule has 0 radical (unpaired) electrons. The predicted molar refractivity (Wildman–Crippen MR) is 420 cm³/mol. The highest BCUT2D eigenvalue weighted by molar-refractivity contribution is 5.80. The standard InChI is InChI=1S/2C26H27FN10.C14H18N6.C12H13FN4/c2*1-26(28,20-3-5-22(27)6-4-20)21-13-29-25(30-14-21)36-9-7-35(8-10-36)24-23-11-18(16-37(23)33-17-31-24)19-12-32-34(2)15-19;1-4-19(5-2)14-13-6-11(9-20(13)17-10-15-14)12-7-16-18(3)8-12;1-12(15,8-2-4-10(13)5-3-8)9-6-16-11(14)17-7-9/h2*3-6,11-17H,7-10,28H2,1-2H3;6-10H,4-5H2,1-3H3;2-7H,15H2,1H3,(H2,14,16,17)/t2*26-;;/m10../s1/i2*7D2,8D2,9D2,10D2;1D2,2D2,4D2,5D2;. The lowest BCUT2D eigenvalue weighted by molar-refractivity contribution is 0.585. The van der Waals surface area contributed by atoms with Crippen LogP contribution in [0.15, 0.2) is 203 Å². The molecule has 2 aliphatic heterocycles. The Labute approximate surface area is 671 Å². The molecule has 0 saturated carbocycles. The van der Waals surface area contributed by atoms with Crippen LogP contribution in [0, 0.1) is 17.5 Å². The van der Waals surface area contributed by atoms with Gasteiger partial charge < -0.3 is 47.4 Å². The Balaban J connectivity index is 0.000000152. The Morgan fingerprint density at radius 1 is 0.387 bits per heavy atom. The molecule has 3 aromatic carbocycles. The summed E-state index contributed by atoms with van der Waals surface area (Å²) in [6.07, 6.45) is 26.0. The lowest BCUT2D eigenvalue weighted by Crippen LogP contribution is -2.47. The molecule has 0 bridgehead atoms. The van der Waals surface area contributed by atoms with Gasteiger partial charge in [0.15, 0.2) is 17.5 Å². The maximum absolute atomic E-state index is 13.5. The summed E-state index contributed by atoms with van der Waals surface area (Å²) in [5.74, 6) is -3.26. The van der Waals surface area contributed by atoms with Crippen molar-refractivity contribution >= 4 is 51.8 Å². The maximum Gasteiger partial charge on any atom is 0.225 e. The molecule has 568 valence electrons. The van der Waals surface area contributed by atoms with Crippen molar-refractivity contribution in [3.8, 4) is 33.4 Å². The molecule has 0 spiro atoms. The number of nitrogens with two attached hydrogens (primary N) is 4. The van der Waals surface area contributed by atoms with E-state index in [4.69, 9.17) is 55.8 Å². The number of aryl methyl sites for hydroxylation is 3. The molecule has 8 N–H and O–H groups in total. The van der Waals surface area contributed by atoms with Gasteiger partial charge in [0, 0.05) is 222 Å². The van der Waals surface area contributed by atoms with E-state index in [0.717, 1.165) is 35.7 Å². The van der Waals surface area contributed by atoms with Gasteiger partial charge >= 0.3 is 0 Å². The molecule has 3 atom stereocenters. The van der Waals surface area contributed by atoms with Crippen molar-refractivity contribution in [2.45, 2.75) is 51.1 Å². The van der Waals surface area contributed by atoms with E-state index < -0.39 is 119 Å². The largest absolute Gasteiger partial charge is 0.368 e. The van der Waals surface area contributed by atoms with Crippen LogP contribution in [-0.2, 0) is 37.8 Å². The van der Waals surface area contributed by atoms with Crippen molar-refractivity contribution in [3.05, 3.63) is 254 Å². The van der Waals surface area contributed by atoms with E-state index in [2.05, 4.69) is 75.4 Å². The number of benzene rings is 3. The molecule has 2 fully saturated rings. The quantitative estimate of drug-likeness (QED) is 0.0703. The zero-order valence-electron chi connectivity index (χ0n) is 83.8. The number of nitrogen functional groups attached to an aromatic ring is 1. The van der Waals surface area contributed by atoms with Gasteiger partial charge in [-0.15, -0.1) is 0 Å². The van der Waals surface area contributed by atoms with E-state index >= 15 is 0 Å². The van der Waals surface area contributed by atoms with Crippen molar-refractivity contribution in [2.24, 2.45) is 38.3 Å². The number of anilines is 6. The second kappa shape index (κ2) is 31.6. The summed E-state index contributed by atoms with van der Waals surface area (Å²) < 4.78 is 254. The fourth-order valence-corrected chi connectivity index (χ4v) is 11.4. The van der Waals surface area contributed by atoms with E-state index in [9.17, 15) is 13.2 Å². The van der Waals surface area contributed by atoms with E-state index in [1.165, 1.54) is 99.0 Å². The minimum atomic E-state index is -3.27. The third kappa shape index (κ3) is 16.2. The smallest absolute Gasteiger partial charge is 0.225 e. The number of hydrogen-bond acceptors (Lipinski definition) is 24. The van der Waals surface area contributed by atoms with E-state index in [0.29, 0.717) is 64.8 Å². The molecule has 33 heteroatoms. The molecule has 0 amide bonds. The Hall–Kier alpha value is -13.1. The Morgan fingerprint density at radius 3 is 1.02 bits per heavy atom. The first-order chi connectivity index (χ1) is 62.8. The van der Waals surface area contributed by atoms with Gasteiger partial charge in [-0.2, -0.15) is 30.6 Å². The first-order valence-electron chi connectivity index (χ1n) is 45.6. The summed E-state index contributed by atoms with van der Waals surface area (Å²) >= 11 is 0. The summed E-state index contributed by atoms with van der Waals surface area (Å²) in [6.45, 7) is -31.0. The molecule has 12 aromatic heterocycles. The predicted octanol–water partition coefficient (Wildman–Crippen LogP) is 8.61. The molecule has 2 aliphatic rings. The average molecular weight is 1520 g/mol. The number of fused-ring (bicyclic) bond motifs is 3. The normalized spacial score (nSPS) is 21.9. The van der Waals surface area contributed by atoms with E-state index in [1.54, 1.807) is 148 Å². The SMILES string of the molecule is CC(N)(c1ccc(F)cc1)c1cnc(N)nc1.[2H]C([2H])C([2H])([2H])N(c1ncnn2cc(-c3cnn(C)c3)cc12)C([2H])([2H])C([2H])[2H].[2H]C1([2H])N(c2ncc([C@@](C)(N)c3ccc(F)cc3)cn2)C([2H])([2H])C([2H])([2H])N(c2ncnn3cc(-c4cnn(C)c4)cc23)C1([2H])[2H].[2H]C1([2H])N(c2ncc([C@](C)(N)c3ccc(F)cc3)cn2)C([2H])([2H])C([2H])([2H])N(c2ncnn3cc(-c4cnn(C)c4)cc23)C1([2H])[2H]. The van der Waals surface area contributed by atoms with Crippen LogP contribution in [-0.4, -0.2) is 168 Å². The first kappa shape index (κ1) is 50.5. The Kier molecular flexibility index (Phi) is 14.4. The number of nitrogens with zero attached hydrogens (tertiary/aromatic N) is 26. The minimum Gasteiger partial charge on any atom is -0.368 e. The van der Waals surface area contributed by atoms with Gasteiger partial charge in [0.1, 0.15) is 53.0 Å². The number of aromatic nitrogens is 21. The lowest BCUT2D eigenvalue weighted by Gasteiger charge is -2.35. The molecular weight excluding hydrogens is 1410 g/mol. The summed E-state index contributed by atoms with van der Waals surface area (Å²) in [6, 6.07) is 21.6. The summed E-state index contributed by atoms with van der Waals surface area (Å²) in [5, 5.41) is 24.7. The second-order valence-electron chi connectivity index (χ2n) is 25.5. The fraction of sp³-hybridized carbons (Fsp3) is 0.269. The first-order valence-corrected chi connectivity index (χ1v) is 33.3. The number of halogens is 3. The lowest BCUT2D eigenvalue weighted by atomic mass is 9.87. The monoisotopic (exact) mass is 1520 g/mol. The Bertz CT molecular complexity index is 6400. The number of hydrogen-bond donors (Lipinski definition) is 4. The van der Waals surface area contributed by atoms with Gasteiger partial charge in [0.05, 0.1) is 57.1 Å². The molecule has 17 rings (SSSR count). The Morgan fingerprint density at radius 2 is 0.694 bits per heavy atom. The maximum atomic E-state index is 13.5. The van der Waals surface area contributed by atoms with Crippen molar-refractivity contribution in [1.29, 1.82) is 0 Å².